The maximum Gasteiger partial charge on any atom is 0.224 e. The van der Waals surface area contributed by atoms with Crippen LogP contribution < -0.4 is 10.2 Å². The van der Waals surface area contributed by atoms with Gasteiger partial charge in [0.25, 0.3) is 0 Å². The number of aliphatic hydroxyl groups excluding tert-OH is 1. The minimum atomic E-state index is -0.00687. The van der Waals surface area contributed by atoms with Gasteiger partial charge in [-0.1, -0.05) is 0 Å². The minimum Gasteiger partial charge on any atom is -0.396 e. The molecule has 1 atom stereocenters. The molecular formula is C15H24N4O3. The monoisotopic (exact) mass is 308 g/mol. The van der Waals surface area contributed by atoms with Crippen molar-refractivity contribution in [1.82, 2.24) is 9.97 Å². The first kappa shape index (κ1) is 15.5. The topological polar surface area (TPSA) is 79.7 Å². The molecule has 0 aliphatic carbocycles. The van der Waals surface area contributed by atoms with Gasteiger partial charge in [0.15, 0.2) is 0 Å². The van der Waals surface area contributed by atoms with Crippen LogP contribution in [0.1, 0.15) is 12.8 Å². The summed E-state index contributed by atoms with van der Waals surface area (Å²) in [5, 5.41) is 12.6. The summed E-state index contributed by atoms with van der Waals surface area (Å²) in [7, 11) is 0. The molecular weight excluding hydrogens is 284 g/mol. The smallest absolute Gasteiger partial charge is 0.224 e. The highest BCUT2D eigenvalue weighted by Gasteiger charge is 2.34. The normalized spacial score (nSPS) is 25.4. The summed E-state index contributed by atoms with van der Waals surface area (Å²) in [6, 6.07) is 1.93. The molecule has 7 nitrogen and oxygen atoms in total. The van der Waals surface area contributed by atoms with Gasteiger partial charge in [-0.05, 0) is 18.9 Å². The van der Waals surface area contributed by atoms with Crippen molar-refractivity contribution in [1.29, 1.82) is 0 Å². The average Bonchev–Trinajstić information content (AvgIpc) is 3.03. The molecule has 3 rings (SSSR count). The molecule has 0 unspecified atom stereocenters. The predicted molar refractivity (Wildman–Crippen MR) is 83.1 cm³/mol. The van der Waals surface area contributed by atoms with E-state index in [0.717, 1.165) is 58.1 Å². The minimum absolute atomic E-state index is 0.00687. The molecule has 2 aliphatic heterocycles. The van der Waals surface area contributed by atoms with Crippen LogP contribution >= 0.6 is 0 Å². The van der Waals surface area contributed by atoms with Gasteiger partial charge in [0.05, 0.1) is 19.8 Å². The van der Waals surface area contributed by atoms with Crippen molar-refractivity contribution >= 4 is 11.8 Å². The number of ether oxygens (including phenoxy) is 2. The molecule has 7 heteroatoms. The summed E-state index contributed by atoms with van der Waals surface area (Å²) < 4.78 is 10.9. The van der Waals surface area contributed by atoms with Gasteiger partial charge >= 0.3 is 0 Å². The molecule has 0 spiro atoms. The van der Waals surface area contributed by atoms with Gasteiger partial charge in [-0.15, -0.1) is 0 Å². The fraction of sp³-hybridized carbons (Fsp3) is 0.733. The van der Waals surface area contributed by atoms with Crippen LogP contribution in [0.2, 0.25) is 0 Å². The number of aromatic nitrogens is 2. The first-order chi connectivity index (χ1) is 10.8. The van der Waals surface area contributed by atoms with Crippen molar-refractivity contribution in [2.24, 2.45) is 5.41 Å². The fourth-order valence-corrected chi connectivity index (χ4v) is 2.98. The zero-order chi connectivity index (χ0) is 15.3. The molecule has 0 bridgehead atoms. The molecule has 2 aliphatic rings. The van der Waals surface area contributed by atoms with Crippen LogP contribution in [-0.2, 0) is 9.47 Å². The maximum absolute atomic E-state index is 9.27. The van der Waals surface area contributed by atoms with Crippen LogP contribution in [0.4, 0.5) is 11.8 Å². The Morgan fingerprint density at radius 2 is 2.14 bits per heavy atom. The Bertz CT molecular complexity index is 474. The summed E-state index contributed by atoms with van der Waals surface area (Å²) in [6.45, 7) is 5.55. The van der Waals surface area contributed by atoms with Crippen LogP contribution in [0, 0.1) is 5.41 Å². The van der Waals surface area contributed by atoms with Crippen molar-refractivity contribution in [2.45, 2.75) is 12.8 Å². The van der Waals surface area contributed by atoms with E-state index in [2.05, 4.69) is 20.2 Å². The van der Waals surface area contributed by atoms with Gasteiger partial charge in [-0.25, -0.2) is 4.98 Å². The molecule has 0 amide bonds. The SMILES string of the molecule is OCC[C@]1(CNc2nccc(N3CCOCC3)n2)CCOC1. The molecule has 1 aromatic rings. The van der Waals surface area contributed by atoms with Gasteiger partial charge in [0, 0.05) is 44.5 Å². The highest BCUT2D eigenvalue weighted by atomic mass is 16.5. The Kier molecular flexibility index (Phi) is 5.07. The molecule has 1 aromatic heterocycles. The number of morpholine rings is 1. The number of anilines is 2. The van der Waals surface area contributed by atoms with E-state index in [-0.39, 0.29) is 12.0 Å². The zero-order valence-electron chi connectivity index (χ0n) is 12.8. The third-order valence-corrected chi connectivity index (χ3v) is 4.42. The molecule has 22 heavy (non-hydrogen) atoms. The van der Waals surface area contributed by atoms with Crippen LogP contribution in [0.15, 0.2) is 12.3 Å². The Hall–Kier alpha value is -1.44. The van der Waals surface area contributed by atoms with Gasteiger partial charge in [-0.3, -0.25) is 0 Å². The number of aliphatic hydroxyl groups is 1. The van der Waals surface area contributed by atoms with E-state index in [1.807, 2.05) is 6.07 Å². The quantitative estimate of drug-likeness (QED) is 0.793. The third kappa shape index (κ3) is 3.66. The molecule has 122 valence electrons. The second-order valence-corrected chi connectivity index (χ2v) is 5.97. The lowest BCUT2D eigenvalue weighted by Gasteiger charge is -2.29. The number of rotatable bonds is 6. The van der Waals surface area contributed by atoms with Crippen LogP contribution in [-0.4, -0.2) is 67.7 Å². The molecule has 2 fully saturated rings. The number of hydrogen-bond donors (Lipinski definition) is 2. The lowest BCUT2D eigenvalue weighted by atomic mass is 9.84. The van der Waals surface area contributed by atoms with E-state index in [9.17, 15) is 5.11 Å². The van der Waals surface area contributed by atoms with E-state index in [0.29, 0.717) is 12.6 Å². The van der Waals surface area contributed by atoms with Gasteiger partial charge in [-0.2, -0.15) is 4.98 Å². The third-order valence-electron chi connectivity index (χ3n) is 4.42. The standard InChI is InChI=1S/C15H24N4O3/c20-7-2-15(3-8-22-12-15)11-17-14-16-4-1-13(18-14)19-5-9-21-10-6-19/h1,4,20H,2-3,5-12H2,(H,16,17,18)/t15-/m1/s1. The molecule has 0 saturated carbocycles. The van der Waals surface area contributed by atoms with Gasteiger partial charge in [0.1, 0.15) is 5.82 Å². The van der Waals surface area contributed by atoms with Crippen molar-refractivity contribution < 1.29 is 14.6 Å². The van der Waals surface area contributed by atoms with Gasteiger partial charge in [0.2, 0.25) is 5.95 Å². The van der Waals surface area contributed by atoms with Crippen molar-refractivity contribution in [3.8, 4) is 0 Å². The lowest BCUT2D eigenvalue weighted by Crippen LogP contribution is -2.37. The zero-order valence-corrected chi connectivity index (χ0v) is 12.8. The maximum atomic E-state index is 9.27. The number of nitrogens with one attached hydrogen (secondary N) is 1. The summed E-state index contributed by atoms with van der Waals surface area (Å²) in [5.41, 5.74) is -0.00687. The van der Waals surface area contributed by atoms with Crippen molar-refractivity contribution in [2.75, 3.05) is 62.9 Å². The molecule has 0 radical (unpaired) electrons. The largest absolute Gasteiger partial charge is 0.396 e. The van der Waals surface area contributed by atoms with Crippen LogP contribution in [0.25, 0.3) is 0 Å². The summed E-state index contributed by atoms with van der Waals surface area (Å²) in [6.07, 6.45) is 3.48. The number of hydrogen-bond acceptors (Lipinski definition) is 7. The molecule has 2 saturated heterocycles. The second-order valence-electron chi connectivity index (χ2n) is 5.97. The van der Waals surface area contributed by atoms with E-state index < -0.39 is 0 Å². The molecule has 3 heterocycles. The average molecular weight is 308 g/mol. The molecule has 2 N–H and O–H groups in total. The van der Waals surface area contributed by atoms with Crippen molar-refractivity contribution in [3.63, 3.8) is 0 Å². The first-order valence-electron chi connectivity index (χ1n) is 7.90. The lowest BCUT2D eigenvalue weighted by molar-refractivity contribution is 0.122. The Morgan fingerprint density at radius 3 is 2.86 bits per heavy atom. The van der Waals surface area contributed by atoms with Crippen LogP contribution in [0.3, 0.4) is 0 Å². The van der Waals surface area contributed by atoms with E-state index >= 15 is 0 Å². The Labute approximate surface area is 130 Å². The first-order valence-corrected chi connectivity index (χ1v) is 7.90. The second kappa shape index (κ2) is 7.21. The van der Waals surface area contributed by atoms with Crippen molar-refractivity contribution in [3.05, 3.63) is 12.3 Å². The van der Waals surface area contributed by atoms with Crippen LogP contribution in [0.5, 0.6) is 0 Å². The Balaban J connectivity index is 1.62. The summed E-state index contributed by atoms with van der Waals surface area (Å²) in [4.78, 5) is 11.1. The van der Waals surface area contributed by atoms with E-state index in [1.54, 1.807) is 6.20 Å². The highest BCUT2D eigenvalue weighted by molar-refractivity contribution is 5.42. The highest BCUT2D eigenvalue weighted by Crippen LogP contribution is 2.32. The predicted octanol–water partition coefficient (Wildman–Crippen LogP) is 0.514. The van der Waals surface area contributed by atoms with Gasteiger partial charge < -0.3 is 24.8 Å². The van der Waals surface area contributed by atoms with E-state index in [1.165, 1.54) is 0 Å². The summed E-state index contributed by atoms with van der Waals surface area (Å²) in [5.74, 6) is 1.56. The summed E-state index contributed by atoms with van der Waals surface area (Å²) >= 11 is 0. The van der Waals surface area contributed by atoms with E-state index in [4.69, 9.17) is 9.47 Å². The number of nitrogens with zero attached hydrogens (tertiary/aromatic N) is 3. The fourth-order valence-electron chi connectivity index (χ4n) is 2.98. The Morgan fingerprint density at radius 1 is 1.27 bits per heavy atom. The molecule has 0 aromatic carbocycles.